The monoisotopic (exact) mass is 766 g/mol. The van der Waals surface area contributed by atoms with Crippen LogP contribution in [0, 0.1) is 0 Å². The highest BCUT2D eigenvalue weighted by molar-refractivity contribution is 7.26. The molecule has 0 saturated heterocycles. The molecule has 1 aliphatic rings. The molecule has 0 aliphatic heterocycles. The van der Waals surface area contributed by atoms with E-state index in [1.807, 2.05) is 17.4 Å². The molecule has 0 spiro atoms. The van der Waals surface area contributed by atoms with E-state index in [0.29, 0.717) is 0 Å². The maximum atomic E-state index is 5.36. The Bertz CT molecular complexity index is 2940. The van der Waals surface area contributed by atoms with Crippen LogP contribution in [0.4, 0.5) is 0 Å². The van der Waals surface area contributed by atoms with Crippen LogP contribution in [0.3, 0.4) is 0 Å². The van der Waals surface area contributed by atoms with Crippen LogP contribution < -0.4 is 0 Å². The first-order valence-electron chi connectivity index (χ1n) is 20.3. The zero-order chi connectivity index (χ0) is 39.8. The molecular weight excluding hydrogens is 721 g/mol. The second kappa shape index (κ2) is 13.5. The summed E-state index contributed by atoms with van der Waals surface area (Å²) >= 11 is 1.83. The second-order valence-electron chi connectivity index (χ2n) is 17.8. The molecule has 10 rings (SSSR count). The number of hydrogen-bond donors (Lipinski definition) is 0. The van der Waals surface area contributed by atoms with Gasteiger partial charge >= 0.3 is 0 Å². The van der Waals surface area contributed by atoms with Crippen LogP contribution in [0.1, 0.15) is 74.9 Å². The minimum atomic E-state index is -0.546. The molecule has 0 bridgehead atoms. The Morgan fingerprint density at radius 2 is 1.00 bits per heavy atom. The molecule has 282 valence electrons. The fraction of sp³-hybridized carbons (Fsp3) is 0.164. The van der Waals surface area contributed by atoms with Gasteiger partial charge in [-0.15, -0.1) is 11.3 Å². The zero-order valence-corrected chi connectivity index (χ0v) is 34.8. The van der Waals surface area contributed by atoms with Crippen molar-refractivity contribution in [3.63, 3.8) is 0 Å². The van der Waals surface area contributed by atoms with Gasteiger partial charge in [0.25, 0.3) is 0 Å². The lowest BCUT2D eigenvalue weighted by molar-refractivity contribution is 0.588. The van der Waals surface area contributed by atoms with Crippen molar-refractivity contribution in [2.24, 2.45) is 0 Å². The molecule has 0 radical (unpaired) electrons. The largest absolute Gasteiger partial charge is 0.228 e. The van der Waals surface area contributed by atoms with Gasteiger partial charge in [-0.25, -0.2) is 9.97 Å². The number of fused-ring (bicyclic) bond motifs is 6. The third kappa shape index (κ3) is 5.83. The molecule has 0 amide bonds. The molecule has 2 aromatic heterocycles. The van der Waals surface area contributed by atoms with Crippen LogP contribution in [-0.2, 0) is 16.2 Å². The van der Waals surface area contributed by atoms with E-state index in [1.54, 1.807) is 0 Å². The van der Waals surface area contributed by atoms with Crippen LogP contribution >= 0.6 is 11.3 Å². The summed E-state index contributed by atoms with van der Waals surface area (Å²) in [5, 5.41) is 2.54. The van der Waals surface area contributed by atoms with Gasteiger partial charge in [0.2, 0.25) is 0 Å². The first-order chi connectivity index (χ1) is 28.0. The van der Waals surface area contributed by atoms with Gasteiger partial charge in [-0.05, 0) is 73.5 Å². The third-order valence-corrected chi connectivity index (χ3v) is 13.4. The summed E-state index contributed by atoms with van der Waals surface area (Å²) in [7, 11) is 0. The van der Waals surface area contributed by atoms with Crippen LogP contribution in [0.25, 0.3) is 65.2 Å². The Labute approximate surface area is 345 Å². The second-order valence-corrected chi connectivity index (χ2v) is 18.9. The maximum absolute atomic E-state index is 5.36. The molecule has 2 heterocycles. The normalized spacial score (nSPS) is 13.5. The van der Waals surface area contributed by atoms with Gasteiger partial charge in [0.1, 0.15) is 0 Å². The summed E-state index contributed by atoms with van der Waals surface area (Å²) in [5.41, 5.74) is 14.8. The van der Waals surface area contributed by atoms with E-state index < -0.39 is 5.41 Å². The molecule has 2 nitrogen and oxygen atoms in total. The lowest BCUT2D eigenvalue weighted by Crippen LogP contribution is -2.29. The van der Waals surface area contributed by atoms with Crippen molar-refractivity contribution in [2.45, 2.75) is 57.8 Å². The van der Waals surface area contributed by atoms with Gasteiger partial charge in [-0.2, -0.15) is 0 Å². The average molecular weight is 767 g/mol. The van der Waals surface area contributed by atoms with Crippen LogP contribution in [-0.4, -0.2) is 9.97 Å². The Balaban J connectivity index is 1.23. The van der Waals surface area contributed by atoms with Crippen LogP contribution in [0.2, 0.25) is 0 Å². The highest BCUT2D eigenvalue weighted by atomic mass is 32.1. The van der Waals surface area contributed by atoms with Crippen molar-refractivity contribution in [1.29, 1.82) is 0 Å². The highest BCUT2D eigenvalue weighted by Gasteiger charge is 2.46. The molecular formula is C55H46N2S. The maximum Gasteiger partial charge on any atom is 0.160 e. The molecule has 0 unspecified atom stereocenters. The van der Waals surface area contributed by atoms with E-state index >= 15 is 0 Å². The molecule has 0 N–H and O–H groups in total. The van der Waals surface area contributed by atoms with Crippen molar-refractivity contribution < 1.29 is 0 Å². The molecule has 0 saturated carbocycles. The molecule has 3 heteroatoms. The van der Waals surface area contributed by atoms with Gasteiger partial charge < -0.3 is 0 Å². The lowest BCUT2D eigenvalue weighted by Gasteiger charge is -2.35. The standard InChI is InChI=1S/C55H46N2S/c1-53(2,3)37-24-28-39(29-25-37)55(40-30-26-38(27-31-40)54(4,5)6)46-21-12-10-17-41(46)42-32-23-36(33-47(42)55)48-34-49(57-52(56-48)35-15-8-7-9-16-35)45-20-14-19-44-43-18-11-13-22-50(43)58-51(44)45/h7-34H,1-6H3. The number of rotatable bonds is 5. The quantitative estimate of drug-likeness (QED) is 0.174. The van der Waals surface area contributed by atoms with Crippen molar-refractivity contribution in [3.8, 4) is 45.0 Å². The van der Waals surface area contributed by atoms with E-state index in [2.05, 4.69) is 205 Å². The van der Waals surface area contributed by atoms with Crippen molar-refractivity contribution >= 4 is 31.5 Å². The highest BCUT2D eigenvalue weighted by Crippen LogP contribution is 2.57. The number of thiophene rings is 1. The van der Waals surface area contributed by atoms with E-state index in [-0.39, 0.29) is 10.8 Å². The summed E-state index contributed by atoms with van der Waals surface area (Å²) in [6.45, 7) is 13.7. The summed E-state index contributed by atoms with van der Waals surface area (Å²) < 4.78 is 2.52. The van der Waals surface area contributed by atoms with Crippen LogP contribution in [0.5, 0.6) is 0 Å². The van der Waals surface area contributed by atoms with Crippen molar-refractivity contribution in [3.05, 3.63) is 203 Å². The van der Waals surface area contributed by atoms with Gasteiger partial charge in [0.05, 0.1) is 16.8 Å². The summed E-state index contributed by atoms with van der Waals surface area (Å²) in [5.74, 6) is 0.719. The topological polar surface area (TPSA) is 25.8 Å². The smallest absolute Gasteiger partial charge is 0.160 e. The molecule has 7 aromatic carbocycles. The number of aromatic nitrogens is 2. The summed E-state index contributed by atoms with van der Waals surface area (Å²) in [6, 6.07) is 62.8. The molecule has 0 atom stereocenters. The van der Waals surface area contributed by atoms with E-state index in [1.165, 1.54) is 64.7 Å². The van der Waals surface area contributed by atoms with Crippen molar-refractivity contribution in [2.75, 3.05) is 0 Å². The number of benzene rings is 7. The number of nitrogens with zero attached hydrogens (tertiary/aromatic N) is 2. The predicted molar refractivity (Wildman–Crippen MR) is 246 cm³/mol. The Morgan fingerprint density at radius 1 is 0.431 bits per heavy atom. The van der Waals surface area contributed by atoms with Gasteiger partial charge in [0.15, 0.2) is 5.82 Å². The number of hydrogen-bond acceptors (Lipinski definition) is 3. The minimum Gasteiger partial charge on any atom is -0.228 e. The lowest BCUT2D eigenvalue weighted by atomic mass is 9.66. The van der Waals surface area contributed by atoms with Gasteiger partial charge in [0, 0.05) is 36.9 Å². The first kappa shape index (κ1) is 36.2. The van der Waals surface area contributed by atoms with Gasteiger partial charge in [-0.1, -0.05) is 193 Å². The molecule has 9 aromatic rings. The fourth-order valence-corrected chi connectivity index (χ4v) is 10.3. The van der Waals surface area contributed by atoms with E-state index in [4.69, 9.17) is 9.97 Å². The summed E-state index contributed by atoms with van der Waals surface area (Å²) in [6.07, 6.45) is 0. The molecule has 1 aliphatic carbocycles. The first-order valence-corrected chi connectivity index (χ1v) is 21.1. The Morgan fingerprint density at radius 3 is 1.69 bits per heavy atom. The Hall–Kier alpha value is -6.16. The SMILES string of the molecule is CC(C)(C)c1ccc(C2(c3ccc(C(C)(C)C)cc3)c3ccccc3-c3ccc(-c4cc(-c5cccc6c5sc5ccccc56)nc(-c5ccccc5)n4)cc32)cc1. The zero-order valence-electron chi connectivity index (χ0n) is 34.0. The van der Waals surface area contributed by atoms with E-state index in [9.17, 15) is 0 Å². The van der Waals surface area contributed by atoms with E-state index in [0.717, 1.165) is 33.9 Å². The molecule has 58 heavy (non-hydrogen) atoms. The van der Waals surface area contributed by atoms with Gasteiger partial charge in [-0.3, -0.25) is 0 Å². The predicted octanol–water partition coefficient (Wildman–Crippen LogP) is 14.8. The van der Waals surface area contributed by atoms with Crippen LogP contribution in [0.15, 0.2) is 170 Å². The Kier molecular flexibility index (Phi) is 8.40. The third-order valence-electron chi connectivity index (χ3n) is 12.1. The summed E-state index contributed by atoms with van der Waals surface area (Å²) in [4.78, 5) is 10.7. The minimum absolute atomic E-state index is 0.0417. The van der Waals surface area contributed by atoms with Crippen molar-refractivity contribution in [1.82, 2.24) is 9.97 Å². The fourth-order valence-electron chi connectivity index (χ4n) is 9.07. The molecule has 0 fully saturated rings. The average Bonchev–Trinajstić information content (AvgIpc) is 3.77.